The van der Waals surface area contributed by atoms with E-state index in [1.54, 1.807) is 0 Å². The fourth-order valence-corrected chi connectivity index (χ4v) is 2.37. The minimum Gasteiger partial charge on any atom is -0.389 e. The molecule has 2 atom stereocenters. The highest BCUT2D eigenvalue weighted by Crippen LogP contribution is 2.41. The lowest BCUT2D eigenvalue weighted by molar-refractivity contribution is -0.200. The molecule has 5 heteroatoms. The third-order valence-electron chi connectivity index (χ3n) is 3.29. The molecule has 1 aliphatic rings. The molecule has 2 nitrogen and oxygen atoms in total. The number of hydrogen-bond acceptors (Lipinski definition) is 2. The van der Waals surface area contributed by atoms with E-state index >= 15 is 0 Å². The van der Waals surface area contributed by atoms with Crippen molar-refractivity contribution in [2.75, 3.05) is 13.1 Å². The van der Waals surface area contributed by atoms with Gasteiger partial charge < -0.3 is 10.4 Å². The topological polar surface area (TPSA) is 32.3 Å². The van der Waals surface area contributed by atoms with Gasteiger partial charge >= 0.3 is 6.18 Å². The van der Waals surface area contributed by atoms with Crippen molar-refractivity contribution < 1.29 is 18.3 Å². The van der Waals surface area contributed by atoms with Crippen molar-refractivity contribution in [3.63, 3.8) is 0 Å². The molecule has 0 amide bonds. The maximum absolute atomic E-state index is 12.6. The van der Waals surface area contributed by atoms with Crippen LogP contribution in [0.5, 0.6) is 0 Å². The normalized spacial score (nSPS) is 30.9. The molecule has 17 heavy (non-hydrogen) atoms. The van der Waals surface area contributed by atoms with E-state index in [4.69, 9.17) is 0 Å². The van der Waals surface area contributed by atoms with Gasteiger partial charge in [-0.2, -0.15) is 13.2 Å². The second kappa shape index (κ2) is 5.57. The summed E-state index contributed by atoms with van der Waals surface area (Å²) in [5.41, 5.74) is -1.19. The van der Waals surface area contributed by atoms with Gasteiger partial charge in [0.15, 0.2) is 0 Å². The minimum atomic E-state index is -4.17. The number of halogens is 3. The molecule has 0 spiro atoms. The summed E-state index contributed by atoms with van der Waals surface area (Å²) in [5, 5.41) is 13.2. The SMILES string of the molecule is CC(C)CNC[C@]1(O)CCC[C@H](C(F)(F)F)C1. The fourth-order valence-electron chi connectivity index (χ4n) is 2.37. The van der Waals surface area contributed by atoms with Gasteiger partial charge in [0.2, 0.25) is 0 Å². The predicted molar refractivity (Wildman–Crippen MR) is 60.7 cm³/mol. The average molecular weight is 253 g/mol. The van der Waals surface area contributed by atoms with Crippen LogP contribution in [-0.4, -0.2) is 30.0 Å². The van der Waals surface area contributed by atoms with Gasteiger partial charge in [0.25, 0.3) is 0 Å². The molecule has 0 aromatic rings. The molecule has 0 aromatic heterocycles. The Morgan fingerprint density at radius 1 is 1.41 bits per heavy atom. The molecule has 0 radical (unpaired) electrons. The van der Waals surface area contributed by atoms with Gasteiger partial charge in [-0.1, -0.05) is 13.8 Å². The van der Waals surface area contributed by atoms with Crippen molar-refractivity contribution >= 4 is 0 Å². The zero-order valence-corrected chi connectivity index (χ0v) is 10.5. The van der Waals surface area contributed by atoms with E-state index in [-0.39, 0.29) is 19.4 Å². The Kier molecular flexibility index (Phi) is 4.84. The Bertz CT molecular complexity index is 242. The Balaban J connectivity index is 2.46. The quantitative estimate of drug-likeness (QED) is 0.807. The molecule has 1 fully saturated rings. The monoisotopic (exact) mass is 253 g/mol. The zero-order valence-electron chi connectivity index (χ0n) is 10.5. The summed E-state index contributed by atoms with van der Waals surface area (Å²) < 4.78 is 37.8. The van der Waals surface area contributed by atoms with Crippen LogP contribution in [0.2, 0.25) is 0 Å². The van der Waals surface area contributed by atoms with Crippen molar-refractivity contribution in [1.29, 1.82) is 0 Å². The van der Waals surface area contributed by atoms with Gasteiger partial charge in [-0.3, -0.25) is 0 Å². The van der Waals surface area contributed by atoms with E-state index < -0.39 is 17.7 Å². The van der Waals surface area contributed by atoms with Gasteiger partial charge in [-0.15, -0.1) is 0 Å². The highest BCUT2D eigenvalue weighted by molar-refractivity contribution is 4.90. The lowest BCUT2D eigenvalue weighted by Gasteiger charge is -2.37. The van der Waals surface area contributed by atoms with E-state index in [0.29, 0.717) is 18.8 Å². The summed E-state index contributed by atoms with van der Waals surface area (Å²) >= 11 is 0. The summed E-state index contributed by atoms with van der Waals surface area (Å²) in [6.07, 6.45) is -3.28. The van der Waals surface area contributed by atoms with Crippen molar-refractivity contribution in [1.82, 2.24) is 5.32 Å². The first-order chi connectivity index (χ1) is 7.73. The smallest absolute Gasteiger partial charge is 0.389 e. The lowest BCUT2D eigenvalue weighted by atomic mass is 9.77. The van der Waals surface area contributed by atoms with E-state index in [1.807, 2.05) is 13.8 Å². The van der Waals surface area contributed by atoms with Crippen LogP contribution in [0.1, 0.15) is 39.5 Å². The van der Waals surface area contributed by atoms with Crippen LogP contribution in [0, 0.1) is 11.8 Å². The first kappa shape index (κ1) is 14.8. The maximum atomic E-state index is 12.6. The largest absolute Gasteiger partial charge is 0.391 e. The summed E-state index contributed by atoms with van der Waals surface area (Å²) in [6, 6.07) is 0. The fraction of sp³-hybridized carbons (Fsp3) is 1.00. The summed E-state index contributed by atoms with van der Waals surface area (Å²) in [6.45, 7) is 5.03. The van der Waals surface area contributed by atoms with Crippen molar-refractivity contribution in [3.05, 3.63) is 0 Å². The highest BCUT2D eigenvalue weighted by Gasteiger charge is 2.46. The number of nitrogens with one attached hydrogen (secondary N) is 1. The number of hydrogen-bond donors (Lipinski definition) is 2. The summed E-state index contributed by atoms with van der Waals surface area (Å²) in [7, 11) is 0. The molecule has 0 unspecified atom stereocenters. The number of rotatable bonds is 4. The van der Waals surface area contributed by atoms with Crippen molar-refractivity contribution in [2.24, 2.45) is 11.8 Å². The van der Waals surface area contributed by atoms with Crippen LogP contribution < -0.4 is 5.32 Å². The van der Waals surface area contributed by atoms with E-state index in [9.17, 15) is 18.3 Å². The van der Waals surface area contributed by atoms with Crippen molar-refractivity contribution in [3.8, 4) is 0 Å². The Labute approximate surface area is 101 Å². The number of alkyl halides is 3. The molecule has 1 saturated carbocycles. The maximum Gasteiger partial charge on any atom is 0.391 e. The molecule has 0 saturated heterocycles. The average Bonchev–Trinajstić information content (AvgIpc) is 2.15. The molecule has 0 bridgehead atoms. The molecule has 1 rings (SSSR count). The van der Waals surface area contributed by atoms with Gasteiger partial charge in [0, 0.05) is 6.54 Å². The van der Waals surface area contributed by atoms with Crippen LogP contribution in [0.4, 0.5) is 13.2 Å². The van der Waals surface area contributed by atoms with E-state index in [1.165, 1.54) is 0 Å². The first-order valence-corrected chi connectivity index (χ1v) is 6.23. The summed E-state index contributed by atoms with van der Waals surface area (Å²) in [5.74, 6) is -0.914. The molecular formula is C12H22F3NO. The predicted octanol–water partition coefficient (Wildman–Crippen LogP) is 2.72. The second-order valence-corrected chi connectivity index (χ2v) is 5.58. The van der Waals surface area contributed by atoms with Gasteiger partial charge in [-0.25, -0.2) is 0 Å². The van der Waals surface area contributed by atoms with Gasteiger partial charge in [-0.05, 0) is 38.1 Å². The van der Waals surface area contributed by atoms with Crippen LogP contribution in [0.25, 0.3) is 0 Å². The first-order valence-electron chi connectivity index (χ1n) is 6.23. The molecule has 102 valence electrons. The van der Waals surface area contributed by atoms with Crippen molar-refractivity contribution in [2.45, 2.75) is 51.3 Å². The Hall–Kier alpha value is -0.290. The minimum absolute atomic E-state index is 0.149. The van der Waals surface area contributed by atoms with E-state index in [2.05, 4.69) is 5.32 Å². The van der Waals surface area contributed by atoms with Crippen LogP contribution >= 0.6 is 0 Å². The van der Waals surface area contributed by atoms with Crippen LogP contribution in [0.3, 0.4) is 0 Å². The molecule has 0 aliphatic heterocycles. The zero-order chi connectivity index (χ0) is 13.1. The molecule has 1 aliphatic carbocycles. The Morgan fingerprint density at radius 3 is 2.59 bits per heavy atom. The number of aliphatic hydroxyl groups is 1. The Morgan fingerprint density at radius 2 is 2.06 bits per heavy atom. The molecule has 0 aromatic carbocycles. The van der Waals surface area contributed by atoms with E-state index in [0.717, 1.165) is 6.54 Å². The molecule has 0 heterocycles. The summed E-state index contributed by atoms with van der Waals surface area (Å²) in [4.78, 5) is 0. The standard InChI is InChI=1S/C12H22F3NO/c1-9(2)7-16-8-11(17)5-3-4-10(6-11)12(13,14)15/h9-10,16-17H,3-8H2,1-2H3/t10-,11-/m0/s1. The molecule has 2 N–H and O–H groups in total. The highest BCUT2D eigenvalue weighted by atomic mass is 19.4. The van der Waals surface area contributed by atoms with Gasteiger partial charge in [0.05, 0.1) is 11.5 Å². The van der Waals surface area contributed by atoms with Crippen LogP contribution in [0.15, 0.2) is 0 Å². The van der Waals surface area contributed by atoms with Crippen LogP contribution in [-0.2, 0) is 0 Å². The third-order valence-corrected chi connectivity index (χ3v) is 3.29. The second-order valence-electron chi connectivity index (χ2n) is 5.58. The molecular weight excluding hydrogens is 231 g/mol. The lowest BCUT2D eigenvalue weighted by Crippen LogP contribution is -2.47. The van der Waals surface area contributed by atoms with Gasteiger partial charge in [0.1, 0.15) is 0 Å². The third kappa shape index (κ3) is 4.84.